The second-order valence-electron chi connectivity index (χ2n) is 5.57. The second-order valence-corrected chi connectivity index (χ2v) is 7.92. The SMILES string of the molecule is CS(=O)(=O)c1nc2ccc(Cl)cc2n1Cc1ccc2c(c1)OCO2. The zero-order chi connectivity index (χ0) is 16.9. The number of hydrogen-bond donors (Lipinski definition) is 0. The highest BCUT2D eigenvalue weighted by atomic mass is 35.5. The molecule has 0 atom stereocenters. The first kappa shape index (κ1) is 15.3. The summed E-state index contributed by atoms with van der Waals surface area (Å²) in [6, 6.07) is 10.6. The van der Waals surface area contributed by atoms with E-state index in [0.29, 0.717) is 34.1 Å². The number of ether oxygens (including phenoxy) is 2. The van der Waals surface area contributed by atoms with Crippen LogP contribution in [0.4, 0.5) is 0 Å². The molecule has 4 rings (SSSR count). The van der Waals surface area contributed by atoms with Crippen molar-refractivity contribution >= 4 is 32.5 Å². The Bertz CT molecular complexity index is 1060. The summed E-state index contributed by atoms with van der Waals surface area (Å²) >= 11 is 6.07. The molecule has 0 amide bonds. The Morgan fingerprint density at radius 2 is 1.96 bits per heavy atom. The lowest BCUT2D eigenvalue weighted by Gasteiger charge is -2.09. The van der Waals surface area contributed by atoms with E-state index in [1.54, 1.807) is 22.8 Å². The number of halogens is 1. The largest absolute Gasteiger partial charge is 0.454 e. The molecule has 2 heterocycles. The van der Waals surface area contributed by atoms with E-state index in [-0.39, 0.29) is 11.9 Å². The summed E-state index contributed by atoms with van der Waals surface area (Å²) in [6.45, 7) is 0.521. The van der Waals surface area contributed by atoms with Gasteiger partial charge >= 0.3 is 0 Å². The van der Waals surface area contributed by atoms with Gasteiger partial charge in [0.05, 0.1) is 17.6 Å². The van der Waals surface area contributed by atoms with E-state index in [0.717, 1.165) is 11.8 Å². The Morgan fingerprint density at radius 1 is 1.17 bits per heavy atom. The zero-order valence-corrected chi connectivity index (χ0v) is 14.3. The number of rotatable bonds is 3. The highest BCUT2D eigenvalue weighted by molar-refractivity contribution is 7.90. The van der Waals surface area contributed by atoms with Crippen molar-refractivity contribution < 1.29 is 17.9 Å². The Labute approximate surface area is 143 Å². The van der Waals surface area contributed by atoms with Crippen molar-refractivity contribution in [2.75, 3.05) is 13.0 Å². The number of hydrogen-bond acceptors (Lipinski definition) is 5. The van der Waals surface area contributed by atoms with Crippen LogP contribution in [0.5, 0.6) is 11.5 Å². The Kier molecular flexibility index (Phi) is 3.43. The molecule has 0 fully saturated rings. The Balaban J connectivity index is 1.87. The minimum atomic E-state index is -3.49. The third-order valence-corrected chi connectivity index (χ3v) is 4.99. The lowest BCUT2D eigenvalue weighted by Crippen LogP contribution is -2.10. The highest BCUT2D eigenvalue weighted by Gasteiger charge is 2.21. The summed E-state index contributed by atoms with van der Waals surface area (Å²) < 4.78 is 36.6. The summed E-state index contributed by atoms with van der Waals surface area (Å²) in [4.78, 5) is 4.25. The molecule has 0 saturated carbocycles. The van der Waals surface area contributed by atoms with Gasteiger partial charge in [-0.1, -0.05) is 17.7 Å². The monoisotopic (exact) mass is 364 g/mol. The highest BCUT2D eigenvalue weighted by Crippen LogP contribution is 2.33. The molecular weight excluding hydrogens is 352 g/mol. The quantitative estimate of drug-likeness (QED) is 0.714. The van der Waals surface area contributed by atoms with Gasteiger partial charge < -0.3 is 14.0 Å². The van der Waals surface area contributed by atoms with E-state index >= 15 is 0 Å². The lowest BCUT2D eigenvalue weighted by atomic mass is 10.2. The van der Waals surface area contributed by atoms with Crippen LogP contribution in [0.3, 0.4) is 0 Å². The number of aromatic nitrogens is 2. The van der Waals surface area contributed by atoms with E-state index in [1.165, 1.54) is 0 Å². The molecule has 2 aromatic carbocycles. The van der Waals surface area contributed by atoms with Crippen molar-refractivity contribution in [3.05, 3.63) is 47.0 Å². The molecular formula is C16H13ClN2O4S. The molecule has 0 bridgehead atoms. The van der Waals surface area contributed by atoms with Crippen LogP contribution in [-0.4, -0.2) is 31.0 Å². The minimum Gasteiger partial charge on any atom is -0.454 e. The summed E-state index contributed by atoms with van der Waals surface area (Å²) in [7, 11) is -3.49. The first-order chi connectivity index (χ1) is 11.4. The van der Waals surface area contributed by atoms with Crippen molar-refractivity contribution in [3.8, 4) is 11.5 Å². The summed E-state index contributed by atoms with van der Waals surface area (Å²) in [6.07, 6.45) is 1.14. The van der Waals surface area contributed by atoms with Crippen molar-refractivity contribution in [2.45, 2.75) is 11.7 Å². The molecule has 1 aliphatic heterocycles. The van der Waals surface area contributed by atoms with Gasteiger partial charge in [-0.3, -0.25) is 0 Å². The normalized spacial score (nSPS) is 13.6. The molecule has 1 aromatic heterocycles. The van der Waals surface area contributed by atoms with Crippen molar-refractivity contribution in [1.82, 2.24) is 9.55 Å². The molecule has 0 unspecified atom stereocenters. The van der Waals surface area contributed by atoms with Crippen LogP contribution in [0.25, 0.3) is 11.0 Å². The summed E-state index contributed by atoms with van der Waals surface area (Å²) in [5, 5.41) is 0.534. The molecule has 3 aromatic rings. The maximum Gasteiger partial charge on any atom is 0.231 e. The van der Waals surface area contributed by atoms with Crippen LogP contribution < -0.4 is 9.47 Å². The van der Waals surface area contributed by atoms with Crippen LogP contribution in [0.1, 0.15) is 5.56 Å². The predicted molar refractivity (Wildman–Crippen MR) is 89.5 cm³/mol. The van der Waals surface area contributed by atoms with E-state index in [2.05, 4.69) is 4.98 Å². The molecule has 6 nitrogen and oxygen atoms in total. The van der Waals surface area contributed by atoms with Crippen molar-refractivity contribution in [2.24, 2.45) is 0 Å². The summed E-state index contributed by atoms with van der Waals surface area (Å²) in [5.74, 6) is 1.33. The van der Waals surface area contributed by atoms with E-state index in [4.69, 9.17) is 21.1 Å². The Hall–Kier alpha value is -2.25. The Morgan fingerprint density at radius 3 is 2.75 bits per heavy atom. The van der Waals surface area contributed by atoms with Gasteiger partial charge in [-0.25, -0.2) is 13.4 Å². The first-order valence-electron chi connectivity index (χ1n) is 7.16. The lowest BCUT2D eigenvalue weighted by molar-refractivity contribution is 0.174. The van der Waals surface area contributed by atoms with Gasteiger partial charge in [0, 0.05) is 11.3 Å². The minimum absolute atomic E-state index is 0.0115. The molecule has 0 N–H and O–H groups in total. The maximum atomic E-state index is 12.1. The first-order valence-corrected chi connectivity index (χ1v) is 9.43. The van der Waals surface area contributed by atoms with E-state index in [1.807, 2.05) is 18.2 Å². The van der Waals surface area contributed by atoms with E-state index in [9.17, 15) is 8.42 Å². The average Bonchev–Trinajstić information content (AvgIpc) is 3.11. The number of fused-ring (bicyclic) bond motifs is 2. The van der Waals surface area contributed by atoms with Crippen LogP contribution in [0.2, 0.25) is 5.02 Å². The van der Waals surface area contributed by atoms with Crippen LogP contribution in [0.15, 0.2) is 41.6 Å². The number of sulfone groups is 1. The van der Waals surface area contributed by atoms with Crippen LogP contribution in [-0.2, 0) is 16.4 Å². The standard InChI is InChI=1S/C16H13ClN2O4S/c1-24(20,21)16-18-12-4-3-11(17)7-13(12)19(16)8-10-2-5-14-15(6-10)23-9-22-14/h2-7H,8-9H2,1H3. The molecule has 8 heteroatoms. The molecule has 24 heavy (non-hydrogen) atoms. The van der Waals surface area contributed by atoms with Gasteiger partial charge in [-0.15, -0.1) is 0 Å². The van der Waals surface area contributed by atoms with Gasteiger partial charge in [-0.05, 0) is 35.9 Å². The van der Waals surface area contributed by atoms with Gasteiger partial charge in [0.15, 0.2) is 11.5 Å². The second kappa shape index (κ2) is 5.39. The molecule has 0 saturated heterocycles. The molecule has 0 spiro atoms. The zero-order valence-electron chi connectivity index (χ0n) is 12.7. The van der Waals surface area contributed by atoms with Crippen LogP contribution >= 0.6 is 11.6 Å². The van der Waals surface area contributed by atoms with Crippen LogP contribution in [0, 0.1) is 0 Å². The number of nitrogens with zero attached hydrogens (tertiary/aromatic N) is 2. The van der Waals surface area contributed by atoms with Crippen molar-refractivity contribution in [3.63, 3.8) is 0 Å². The number of imidazole rings is 1. The number of benzene rings is 2. The van der Waals surface area contributed by atoms with E-state index < -0.39 is 9.84 Å². The molecule has 1 aliphatic rings. The average molecular weight is 365 g/mol. The summed E-state index contributed by atoms with van der Waals surface area (Å²) in [5.41, 5.74) is 2.13. The van der Waals surface area contributed by atoms with Crippen molar-refractivity contribution in [1.29, 1.82) is 0 Å². The fraction of sp³-hybridized carbons (Fsp3) is 0.188. The molecule has 0 radical (unpaired) electrons. The van der Waals surface area contributed by atoms with Gasteiger partial charge in [0.2, 0.25) is 21.8 Å². The third-order valence-electron chi connectivity index (χ3n) is 3.78. The third kappa shape index (κ3) is 2.59. The van der Waals surface area contributed by atoms with Gasteiger partial charge in [-0.2, -0.15) is 0 Å². The fourth-order valence-corrected chi connectivity index (χ4v) is 3.73. The van der Waals surface area contributed by atoms with Gasteiger partial charge in [0.1, 0.15) is 0 Å². The predicted octanol–water partition coefficient (Wildman–Crippen LogP) is 2.87. The molecule has 124 valence electrons. The maximum absolute atomic E-state index is 12.1. The van der Waals surface area contributed by atoms with Gasteiger partial charge in [0.25, 0.3) is 0 Å². The smallest absolute Gasteiger partial charge is 0.231 e. The fourth-order valence-electron chi connectivity index (χ4n) is 2.73. The topological polar surface area (TPSA) is 70.4 Å². The molecule has 0 aliphatic carbocycles.